The second kappa shape index (κ2) is 7.53. The van der Waals surface area contributed by atoms with E-state index in [1.165, 1.54) is 6.33 Å². The van der Waals surface area contributed by atoms with E-state index in [0.717, 1.165) is 38.3 Å². The number of tetrazole rings is 1. The Hall–Kier alpha value is -2.28. The Morgan fingerprint density at radius 1 is 1.33 bits per heavy atom. The first-order chi connectivity index (χ1) is 11.6. The van der Waals surface area contributed by atoms with E-state index >= 15 is 0 Å². The Balaban J connectivity index is 1.49. The third-order valence-electron chi connectivity index (χ3n) is 4.29. The van der Waals surface area contributed by atoms with Crippen LogP contribution in [0.25, 0.3) is 5.69 Å². The molecule has 1 fully saturated rings. The predicted octanol–water partition coefficient (Wildman–Crippen LogP) is 1.37. The van der Waals surface area contributed by atoms with Crippen LogP contribution in [0.15, 0.2) is 30.6 Å². The number of carbonyl (C=O) groups excluding carboxylic acids is 1. The fraction of sp³-hybridized carbons (Fsp3) is 0.529. The van der Waals surface area contributed by atoms with Crippen molar-refractivity contribution >= 4 is 5.91 Å². The molecule has 128 valence electrons. The molecule has 1 amide bonds. The number of hydrogen-bond donors (Lipinski definition) is 1. The molecule has 0 saturated carbocycles. The third kappa shape index (κ3) is 4.17. The van der Waals surface area contributed by atoms with E-state index < -0.39 is 0 Å². The van der Waals surface area contributed by atoms with Crippen LogP contribution in [0.3, 0.4) is 0 Å². The first-order valence-corrected chi connectivity index (χ1v) is 8.46. The number of hydrogen-bond acceptors (Lipinski definition) is 5. The molecular weight excluding hydrogens is 304 g/mol. The fourth-order valence-corrected chi connectivity index (χ4v) is 3.15. The summed E-state index contributed by atoms with van der Waals surface area (Å²) in [6.07, 6.45) is 2.68. The van der Waals surface area contributed by atoms with Gasteiger partial charge in [-0.15, -0.1) is 5.10 Å². The first-order valence-electron chi connectivity index (χ1n) is 8.46. The highest BCUT2D eigenvalue weighted by molar-refractivity contribution is 5.94. The molecule has 1 aliphatic heterocycles. The highest BCUT2D eigenvalue weighted by atomic mass is 16.1. The maximum absolute atomic E-state index is 12.3. The number of rotatable bonds is 6. The van der Waals surface area contributed by atoms with Gasteiger partial charge in [0.15, 0.2) is 0 Å². The van der Waals surface area contributed by atoms with Crippen LogP contribution in [0.5, 0.6) is 0 Å². The monoisotopic (exact) mass is 328 g/mol. The van der Waals surface area contributed by atoms with E-state index in [1.54, 1.807) is 16.8 Å². The van der Waals surface area contributed by atoms with Crippen molar-refractivity contribution in [3.05, 3.63) is 36.2 Å². The van der Waals surface area contributed by atoms with E-state index in [1.807, 2.05) is 12.1 Å². The number of nitrogens with one attached hydrogen (secondary N) is 1. The summed E-state index contributed by atoms with van der Waals surface area (Å²) in [6.45, 7) is 8.59. The molecule has 0 unspecified atom stereocenters. The van der Waals surface area contributed by atoms with Gasteiger partial charge in [-0.05, 0) is 59.5 Å². The van der Waals surface area contributed by atoms with Gasteiger partial charge in [-0.2, -0.15) is 0 Å². The molecule has 1 aliphatic rings. The maximum Gasteiger partial charge on any atom is 0.251 e. The Morgan fingerprint density at radius 2 is 2.12 bits per heavy atom. The van der Waals surface area contributed by atoms with Crippen LogP contribution < -0.4 is 5.32 Å². The van der Waals surface area contributed by atoms with Gasteiger partial charge in [0.05, 0.1) is 5.69 Å². The Bertz CT molecular complexity index is 652. The summed E-state index contributed by atoms with van der Waals surface area (Å²) in [7, 11) is 0. The third-order valence-corrected chi connectivity index (χ3v) is 4.29. The number of benzene rings is 1. The van der Waals surface area contributed by atoms with E-state index in [2.05, 4.69) is 39.6 Å². The predicted molar refractivity (Wildman–Crippen MR) is 90.9 cm³/mol. The van der Waals surface area contributed by atoms with Crippen molar-refractivity contribution in [2.24, 2.45) is 11.8 Å². The van der Waals surface area contributed by atoms with E-state index in [4.69, 9.17) is 0 Å². The summed E-state index contributed by atoms with van der Waals surface area (Å²) in [5, 5.41) is 14.1. The van der Waals surface area contributed by atoms with Gasteiger partial charge >= 0.3 is 0 Å². The lowest BCUT2D eigenvalue weighted by molar-refractivity contribution is 0.0947. The van der Waals surface area contributed by atoms with Gasteiger partial charge in [-0.1, -0.05) is 13.8 Å². The molecule has 1 aromatic carbocycles. The molecule has 0 radical (unpaired) electrons. The molecule has 7 heteroatoms. The molecule has 0 spiro atoms. The molecule has 1 aromatic heterocycles. The number of amides is 1. The summed E-state index contributed by atoms with van der Waals surface area (Å²) in [5.41, 5.74) is 1.49. The van der Waals surface area contributed by atoms with Crippen LogP contribution in [0, 0.1) is 11.8 Å². The van der Waals surface area contributed by atoms with Gasteiger partial charge in [-0.3, -0.25) is 4.79 Å². The van der Waals surface area contributed by atoms with Gasteiger partial charge < -0.3 is 10.2 Å². The zero-order valence-electron chi connectivity index (χ0n) is 14.2. The average Bonchev–Trinajstić information content (AvgIpc) is 3.24. The van der Waals surface area contributed by atoms with Crippen molar-refractivity contribution in [3.63, 3.8) is 0 Å². The minimum Gasteiger partial charge on any atom is -0.352 e. The van der Waals surface area contributed by atoms with Crippen molar-refractivity contribution in [2.45, 2.75) is 20.3 Å². The van der Waals surface area contributed by atoms with Crippen molar-refractivity contribution < 1.29 is 4.79 Å². The Labute approximate surface area is 142 Å². The normalized spacial score (nSPS) is 18.2. The van der Waals surface area contributed by atoms with Gasteiger partial charge in [0.1, 0.15) is 6.33 Å². The fourth-order valence-electron chi connectivity index (χ4n) is 3.15. The Kier molecular flexibility index (Phi) is 5.20. The molecule has 24 heavy (non-hydrogen) atoms. The molecule has 2 aromatic rings. The molecule has 2 heterocycles. The zero-order valence-corrected chi connectivity index (χ0v) is 14.2. The molecule has 3 rings (SSSR count). The van der Waals surface area contributed by atoms with E-state index in [9.17, 15) is 4.79 Å². The van der Waals surface area contributed by atoms with Crippen LogP contribution in [0.4, 0.5) is 0 Å². The largest absolute Gasteiger partial charge is 0.352 e. The summed E-state index contributed by atoms with van der Waals surface area (Å²) in [4.78, 5) is 14.8. The minimum atomic E-state index is -0.0272. The summed E-state index contributed by atoms with van der Waals surface area (Å²) >= 11 is 0. The lowest BCUT2D eigenvalue weighted by atomic mass is 10.1. The second-order valence-electron chi connectivity index (χ2n) is 6.82. The van der Waals surface area contributed by atoms with E-state index in [-0.39, 0.29) is 5.91 Å². The lowest BCUT2D eigenvalue weighted by Crippen LogP contribution is -2.31. The van der Waals surface area contributed by atoms with Crippen LogP contribution in [0.2, 0.25) is 0 Å². The minimum absolute atomic E-state index is 0.0272. The molecule has 1 saturated heterocycles. The molecule has 1 N–H and O–H groups in total. The van der Waals surface area contributed by atoms with Gasteiger partial charge in [0.2, 0.25) is 0 Å². The van der Waals surface area contributed by atoms with Crippen molar-refractivity contribution in [1.29, 1.82) is 0 Å². The maximum atomic E-state index is 12.3. The number of likely N-dealkylation sites (tertiary alicyclic amines) is 1. The average molecular weight is 328 g/mol. The zero-order chi connectivity index (χ0) is 16.9. The molecule has 0 bridgehead atoms. The van der Waals surface area contributed by atoms with Gasteiger partial charge in [0.25, 0.3) is 5.91 Å². The van der Waals surface area contributed by atoms with E-state index in [0.29, 0.717) is 17.4 Å². The van der Waals surface area contributed by atoms with Crippen LogP contribution in [-0.4, -0.2) is 57.2 Å². The highest BCUT2D eigenvalue weighted by Gasteiger charge is 2.23. The van der Waals surface area contributed by atoms with Crippen molar-refractivity contribution in [2.75, 3.05) is 26.2 Å². The van der Waals surface area contributed by atoms with Crippen LogP contribution in [0.1, 0.15) is 30.6 Å². The first kappa shape index (κ1) is 16.6. The number of nitrogens with zero attached hydrogens (tertiary/aromatic N) is 5. The van der Waals surface area contributed by atoms with Crippen molar-refractivity contribution in [3.8, 4) is 5.69 Å². The SMILES string of the molecule is CC(C)CN1CC[C@@H](CNC(=O)c2ccc(-n3cnnn3)cc2)C1. The van der Waals surface area contributed by atoms with Crippen LogP contribution in [-0.2, 0) is 0 Å². The highest BCUT2D eigenvalue weighted by Crippen LogP contribution is 2.17. The summed E-state index contributed by atoms with van der Waals surface area (Å²) in [6, 6.07) is 7.27. The molecular formula is C17H24N6O. The van der Waals surface area contributed by atoms with Gasteiger partial charge in [-0.25, -0.2) is 4.68 Å². The topological polar surface area (TPSA) is 75.9 Å². The molecule has 7 nitrogen and oxygen atoms in total. The smallest absolute Gasteiger partial charge is 0.251 e. The quantitative estimate of drug-likeness (QED) is 0.867. The number of carbonyl (C=O) groups is 1. The second-order valence-corrected chi connectivity index (χ2v) is 6.82. The molecule has 0 aliphatic carbocycles. The summed E-state index contributed by atoms with van der Waals surface area (Å²) < 4.78 is 1.56. The van der Waals surface area contributed by atoms with Crippen LogP contribution >= 0.6 is 0 Å². The Morgan fingerprint density at radius 3 is 2.79 bits per heavy atom. The summed E-state index contributed by atoms with van der Waals surface area (Å²) in [5.74, 6) is 1.21. The number of aromatic nitrogens is 4. The lowest BCUT2D eigenvalue weighted by Gasteiger charge is -2.18. The molecule has 1 atom stereocenters. The van der Waals surface area contributed by atoms with Crippen molar-refractivity contribution in [1.82, 2.24) is 30.4 Å². The van der Waals surface area contributed by atoms with Gasteiger partial charge in [0, 0.05) is 25.2 Å². The standard InChI is InChI=1S/C17H24N6O/c1-13(2)10-22-8-7-14(11-22)9-18-17(24)15-3-5-16(6-4-15)23-12-19-20-21-23/h3-6,12-14H,7-11H2,1-2H3,(H,18,24)/t14-/m0/s1.